The number of benzene rings is 2. The van der Waals surface area contributed by atoms with E-state index in [0.29, 0.717) is 23.7 Å². The summed E-state index contributed by atoms with van der Waals surface area (Å²) in [7, 11) is -7.56. The fraction of sp³-hybridized carbons (Fsp3) is 0.368. The lowest BCUT2D eigenvalue weighted by molar-refractivity contribution is 0.114. The Bertz CT molecular complexity index is 1110. The molecule has 4 rings (SSSR count). The van der Waals surface area contributed by atoms with Crippen LogP contribution in [0.4, 0.5) is 0 Å². The molecule has 0 aromatic heterocycles. The third kappa shape index (κ3) is 4.76. The minimum absolute atomic E-state index is 0.00443. The first-order valence-electron chi connectivity index (χ1n) is 9.43. The monoisotopic (exact) mass is 454 g/mol. The maximum Gasteiger partial charge on any atom is 0.240 e. The molecule has 0 spiro atoms. The van der Waals surface area contributed by atoms with Gasteiger partial charge in [0.2, 0.25) is 26.8 Å². The van der Waals surface area contributed by atoms with Crippen LogP contribution in [0.2, 0.25) is 0 Å². The molecule has 1 atom stereocenters. The quantitative estimate of drug-likeness (QED) is 0.618. The van der Waals surface area contributed by atoms with Crippen molar-refractivity contribution in [1.29, 1.82) is 0 Å². The first kappa shape index (κ1) is 21.1. The van der Waals surface area contributed by atoms with E-state index in [0.717, 1.165) is 12.8 Å². The zero-order valence-electron chi connectivity index (χ0n) is 16.0. The molecule has 2 N–H and O–H groups in total. The fourth-order valence-electron chi connectivity index (χ4n) is 3.20. The van der Waals surface area contributed by atoms with Gasteiger partial charge in [0, 0.05) is 19.7 Å². The molecule has 0 amide bonds. The van der Waals surface area contributed by atoms with E-state index < -0.39 is 20.0 Å². The summed E-state index contributed by atoms with van der Waals surface area (Å²) in [5.41, 5.74) is 0.709. The molecule has 2 aliphatic heterocycles. The summed E-state index contributed by atoms with van der Waals surface area (Å²) in [5, 5.41) is 0. The van der Waals surface area contributed by atoms with Gasteiger partial charge in [-0.2, -0.15) is 0 Å². The molecule has 0 aliphatic carbocycles. The summed E-state index contributed by atoms with van der Waals surface area (Å²) in [6.45, 7) is 1.03. The number of hydrogen-bond acceptors (Lipinski definition) is 7. The average molecular weight is 455 g/mol. The van der Waals surface area contributed by atoms with E-state index >= 15 is 0 Å². The van der Waals surface area contributed by atoms with Crippen molar-refractivity contribution < 1.29 is 31.0 Å². The molecule has 2 aromatic carbocycles. The van der Waals surface area contributed by atoms with Crippen LogP contribution in [0, 0.1) is 0 Å². The van der Waals surface area contributed by atoms with Gasteiger partial charge in [0.1, 0.15) is 0 Å². The van der Waals surface area contributed by atoms with Crippen LogP contribution in [0.15, 0.2) is 52.3 Å². The molecule has 2 aliphatic rings. The van der Waals surface area contributed by atoms with Gasteiger partial charge in [-0.15, -0.1) is 0 Å². The molecule has 0 bridgehead atoms. The van der Waals surface area contributed by atoms with Crippen molar-refractivity contribution >= 4 is 20.0 Å². The molecule has 1 saturated heterocycles. The highest BCUT2D eigenvalue weighted by Gasteiger charge is 2.22. The van der Waals surface area contributed by atoms with E-state index in [2.05, 4.69) is 9.44 Å². The summed E-state index contributed by atoms with van der Waals surface area (Å²) >= 11 is 0. The van der Waals surface area contributed by atoms with E-state index in [4.69, 9.17) is 14.2 Å². The average Bonchev–Trinajstić information content (AvgIpc) is 3.42. The van der Waals surface area contributed by atoms with Crippen molar-refractivity contribution in [3.63, 3.8) is 0 Å². The normalized spacial score (nSPS) is 18.6. The number of sulfonamides is 2. The molecular weight excluding hydrogens is 432 g/mol. The Kier molecular flexibility index (Phi) is 5.98. The Morgan fingerprint density at radius 1 is 0.867 bits per heavy atom. The van der Waals surface area contributed by atoms with Gasteiger partial charge in [-0.1, -0.05) is 6.07 Å². The van der Waals surface area contributed by atoms with Gasteiger partial charge >= 0.3 is 0 Å². The summed E-state index contributed by atoms with van der Waals surface area (Å²) in [6, 6.07) is 10.2. The largest absolute Gasteiger partial charge is 0.454 e. The SMILES string of the molecule is O=S(=O)(NCc1ccc2c(c1)OCO2)c1ccc(S(=O)(=O)NCC2CCCO2)cc1. The van der Waals surface area contributed by atoms with Crippen LogP contribution < -0.4 is 18.9 Å². The van der Waals surface area contributed by atoms with E-state index in [1.807, 2.05) is 0 Å². The van der Waals surface area contributed by atoms with Gasteiger partial charge in [-0.05, 0) is 54.8 Å². The number of nitrogens with one attached hydrogen (secondary N) is 2. The minimum Gasteiger partial charge on any atom is -0.454 e. The van der Waals surface area contributed by atoms with Crippen molar-refractivity contribution in [2.45, 2.75) is 35.3 Å². The Balaban J connectivity index is 1.39. The molecule has 2 aromatic rings. The second-order valence-electron chi connectivity index (χ2n) is 6.97. The van der Waals surface area contributed by atoms with Gasteiger partial charge in [0.15, 0.2) is 11.5 Å². The molecule has 1 fully saturated rings. The van der Waals surface area contributed by atoms with Crippen molar-refractivity contribution in [2.24, 2.45) is 0 Å². The number of fused-ring (bicyclic) bond motifs is 1. The molecule has 0 saturated carbocycles. The number of hydrogen-bond donors (Lipinski definition) is 2. The van der Waals surface area contributed by atoms with Gasteiger partial charge in [0.25, 0.3) is 0 Å². The summed E-state index contributed by atoms with van der Waals surface area (Å²) in [5.74, 6) is 1.18. The Morgan fingerprint density at radius 3 is 2.20 bits per heavy atom. The zero-order chi connectivity index (χ0) is 21.2. The molecule has 9 nitrogen and oxygen atoms in total. The molecule has 1 unspecified atom stereocenters. The Hall–Kier alpha value is -2.18. The fourth-order valence-corrected chi connectivity index (χ4v) is 5.29. The van der Waals surface area contributed by atoms with Crippen molar-refractivity contribution in [3.8, 4) is 11.5 Å². The summed E-state index contributed by atoms with van der Waals surface area (Å²) < 4.78 is 70.8. The topological polar surface area (TPSA) is 120 Å². The van der Waals surface area contributed by atoms with Gasteiger partial charge in [0.05, 0.1) is 15.9 Å². The van der Waals surface area contributed by atoms with E-state index in [1.165, 1.54) is 24.3 Å². The summed E-state index contributed by atoms with van der Waals surface area (Å²) in [6.07, 6.45) is 1.60. The smallest absolute Gasteiger partial charge is 0.240 e. The Morgan fingerprint density at radius 2 is 1.53 bits per heavy atom. The lowest BCUT2D eigenvalue weighted by Gasteiger charge is -2.12. The van der Waals surface area contributed by atoms with Crippen LogP contribution in [-0.2, 0) is 31.3 Å². The van der Waals surface area contributed by atoms with Gasteiger partial charge < -0.3 is 14.2 Å². The molecule has 2 heterocycles. The Labute approximate surface area is 175 Å². The van der Waals surface area contributed by atoms with Crippen LogP contribution in [0.1, 0.15) is 18.4 Å². The highest BCUT2D eigenvalue weighted by molar-refractivity contribution is 7.90. The van der Waals surface area contributed by atoms with Crippen molar-refractivity contribution in [1.82, 2.24) is 9.44 Å². The van der Waals surface area contributed by atoms with E-state index in [1.54, 1.807) is 18.2 Å². The van der Waals surface area contributed by atoms with E-state index in [-0.39, 0.29) is 35.8 Å². The van der Waals surface area contributed by atoms with Crippen LogP contribution >= 0.6 is 0 Å². The van der Waals surface area contributed by atoms with Crippen LogP contribution in [0.3, 0.4) is 0 Å². The third-order valence-electron chi connectivity index (χ3n) is 4.87. The second-order valence-corrected chi connectivity index (χ2v) is 10.5. The van der Waals surface area contributed by atoms with Crippen LogP contribution in [-0.4, -0.2) is 42.9 Å². The molecule has 30 heavy (non-hydrogen) atoms. The lowest BCUT2D eigenvalue weighted by Crippen LogP contribution is -2.31. The van der Waals surface area contributed by atoms with Crippen molar-refractivity contribution in [2.75, 3.05) is 19.9 Å². The second kappa shape index (κ2) is 8.52. The molecular formula is C19H22N2O7S2. The number of rotatable bonds is 8. The zero-order valence-corrected chi connectivity index (χ0v) is 17.7. The summed E-state index contributed by atoms with van der Waals surface area (Å²) in [4.78, 5) is -0.0310. The lowest BCUT2D eigenvalue weighted by atomic mass is 10.2. The molecule has 162 valence electrons. The van der Waals surface area contributed by atoms with E-state index in [9.17, 15) is 16.8 Å². The molecule has 0 radical (unpaired) electrons. The minimum atomic E-state index is -3.82. The maximum absolute atomic E-state index is 12.6. The van der Waals surface area contributed by atoms with Gasteiger partial charge in [-0.3, -0.25) is 0 Å². The number of ether oxygens (including phenoxy) is 3. The van der Waals surface area contributed by atoms with Crippen molar-refractivity contribution in [3.05, 3.63) is 48.0 Å². The first-order chi connectivity index (χ1) is 14.3. The van der Waals surface area contributed by atoms with Gasteiger partial charge in [-0.25, -0.2) is 26.3 Å². The molecule has 11 heteroatoms. The van der Waals surface area contributed by atoms with Crippen LogP contribution in [0.5, 0.6) is 11.5 Å². The predicted molar refractivity (Wildman–Crippen MR) is 107 cm³/mol. The maximum atomic E-state index is 12.6. The highest BCUT2D eigenvalue weighted by atomic mass is 32.2. The third-order valence-corrected chi connectivity index (χ3v) is 7.73. The highest BCUT2D eigenvalue weighted by Crippen LogP contribution is 2.32. The first-order valence-corrected chi connectivity index (χ1v) is 12.4. The van der Waals surface area contributed by atoms with Crippen LogP contribution in [0.25, 0.3) is 0 Å². The standard InChI is InChI=1S/C19H22N2O7S2/c22-29(23,20-11-14-3-8-18-19(10-14)28-13-27-18)16-4-6-17(7-5-16)30(24,25)21-12-15-2-1-9-26-15/h3-8,10,15,20-21H,1-2,9,11-13H2. The predicted octanol–water partition coefficient (Wildman–Crippen LogP) is 1.35.